The Morgan fingerprint density at radius 2 is 2.10 bits per heavy atom. The third-order valence-electron chi connectivity index (χ3n) is 2.17. The van der Waals surface area contributed by atoms with E-state index in [0.29, 0.717) is 0 Å². The lowest BCUT2D eigenvalue weighted by Crippen LogP contribution is -2.11. The normalized spacial score (nSPS) is 10.2. The summed E-state index contributed by atoms with van der Waals surface area (Å²) in [5.74, 6) is 2.27. The lowest BCUT2D eigenvalue weighted by atomic mass is 10.3. The van der Waals surface area contributed by atoms with Crippen LogP contribution in [0.4, 0.5) is 20.4 Å². The van der Waals surface area contributed by atoms with Crippen LogP contribution in [0.3, 0.4) is 0 Å². The van der Waals surface area contributed by atoms with Gasteiger partial charge in [-0.1, -0.05) is 0 Å². The first-order chi connectivity index (χ1) is 9.51. The van der Waals surface area contributed by atoms with Crippen LogP contribution in [0, 0.1) is 21.7 Å². The van der Waals surface area contributed by atoms with Crippen LogP contribution in [-0.2, 0) is 0 Å². The second kappa shape index (κ2) is 5.40. The van der Waals surface area contributed by atoms with Gasteiger partial charge < -0.3 is 4.74 Å². The van der Waals surface area contributed by atoms with Gasteiger partial charge in [0.15, 0.2) is 0 Å². The van der Waals surface area contributed by atoms with E-state index < -0.39 is 28.1 Å². The highest BCUT2D eigenvalue weighted by Crippen LogP contribution is 2.27. The number of benzene rings is 1. The van der Waals surface area contributed by atoms with Crippen molar-refractivity contribution in [1.82, 2.24) is 9.97 Å². The molecule has 0 unspecified atom stereocenters. The maximum atomic E-state index is 13.4. The second-order valence-corrected chi connectivity index (χ2v) is 3.46. The molecule has 2 rings (SSSR count). The van der Waals surface area contributed by atoms with Gasteiger partial charge >= 0.3 is 5.69 Å². The molecule has 10 heteroatoms. The SMILES string of the molecule is NNc1ncc(F)c(Oc2ccc([N+](=O)[O-])c(F)c2)n1. The molecule has 1 heterocycles. The van der Waals surface area contributed by atoms with Crippen LogP contribution in [0.15, 0.2) is 24.4 Å². The van der Waals surface area contributed by atoms with Crippen molar-refractivity contribution in [1.29, 1.82) is 0 Å². The quantitative estimate of drug-likeness (QED) is 0.498. The van der Waals surface area contributed by atoms with Crippen molar-refractivity contribution >= 4 is 11.6 Å². The van der Waals surface area contributed by atoms with Gasteiger partial charge in [-0.25, -0.2) is 10.8 Å². The van der Waals surface area contributed by atoms with E-state index in [0.717, 1.165) is 24.4 Å². The minimum Gasteiger partial charge on any atom is -0.436 e. The van der Waals surface area contributed by atoms with Gasteiger partial charge in [-0.15, -0.1) is 0 Å². The number of nitrogens with two attached hydrogens (primary N) is 1. The first-order valence-electron chi connectivity index (χ1n) is 5.12. The molecule has 2 aromatic rings. The van der Waals surface area contributed by atoms with Gasteiger partial charge in [-0.3, -0.25) is 15.5 Å². The third kappa shape index (κ3) is 2.75. The lowest BCUT2D eigenvalue weighted by Gasteiger charge is -2.06. The Hall–Kier alpha value is -2.88. The van der Waals surface area contributed by atoms with E-state index in [2.05, 4.69) is 15.4 Å². The molecule has 8 nitrogen and oxygen atoms in total. The highest BCUT2D eigenvalue weighted by atomic mass is 19.1. The number of nitrogens with one attached hydrogen (secondary N) is 1. The van der Waals surface area contributed by atoms with E-state index >= 15 is 0 Å². The molecule has 0 aliphatic carbocycles. The molecular weight excluding hydrogens is 276 g/mol. The summed E-state index contributed by atoms with van der Waals surface area (Å²) in [5.41, 5.74) is 1.37. The third-order valence-corrected chi connectivity index (χ3v) is 2.17. The molecule has 0 radical (unpaired) electrons. The summed E-state index contributed by atoms with van der Waals surface area (Å²) in [5, 5.41) is 10.5. The van der Waals surface area contributed by atoms with Gasteiger partial charge in [0.25, 0.3) is 5.88 Å². The molecule has 0 saturated heterocycles. The zero-order chi connectivity index (χ0) is 14.7. The van der Waals surface area contributed by atoms with E-state index in [1.54, 1.807) is 0 Å². The molecule has 20 heavy (non-hydrogen) atoms. The first-order valence-corrected chi connectivity index (χ1v) is 5.12. The van der Waals surface area contributed by atoms with Gasteiger partial charge in [0.1, 0.15) is 5.75 Å². The number of nitrogen functional groups attached to an aromatic ring is 1. The van der Waals surface area contributed by atoms with Crippen LogP contribution < -0.4 is 16.0 Å². The molecule has 0 fully saturated rings. The van der Waals surface area contributed by atoms with E-state index in [9.17, 15) is 18.9 Å². The highest BCUT2D eigenvalue weighted by molar-refractivity contribution is 5.39. The molecule has 0 amide bonds. The van der Waals surface area contributed by atoms with Gasteiger partial charge in [0.2, 0.25) is 17.6 Å². The maximum absolute atomic E-state index is 13.4. The van der Waals surface area contributed by atoms with Crippen molar-refractivity contribution in [2.75, 3.05) is 5.43 Å². The number of aromatic nitrogens is 2. The van der Waals surface area contributed by atoms with Crippen LogP contribution in [0.25, 0.3) is 0 Å². The van der Waals surface area contributed by atoms with Crippen molar-refractivity contribution < 1.29 is 18.4 Å². The van der Waals surface area contributed by atoms with Crippen LogP contribution in [0.5, 0.6) is 11.6 Å². The topological polar surface area (TPSA) is 116 Å². The lowest BCUT2D eigenvalue weighted by molar-refractivity contribution is -0.387. The molecule has 3 N–H and O–H groups in total. The Kier molecular flexibility index (Phi) is 3.66. The second-order valence-electron chi connectivity index (χ2n) is 3.46. The molecule has 1 aromatic heterocycles. The fourth-order valence-corrected chi connectivity index (χ4v) is 1.30. The summed E-state index contributed by atoms with van der Waals surface area (Å²) in [6, 6.07) is 2.75. The predicted molar refractivity (Wildman–Crippen MR) is 62.9 cm³/mol. The van der Waals surface area contributed by atoms with E-state index in [-0.39, 0.29) is 11.7 Å². The smallest absolute Gasteiger partial charge is 0.305 e. The number of hydrogen-bond donors (Lipinski definition) is 2. The number of anilines is 1. The number of nitro groups is 1. The number of hydrogen-bond acceptors (Lipinski definition) is 7. The summed E-state index contributed by atoms with van der Waals surface area (Å²) in [7, 11) is 0. The van der Waals surface area contributed by atoms with Crippen LogP contribution in [-0.4, -0.2) is 14.9 Å². The van der Waals surface area contributed by atoms with Crippen molar-refractivity contribution in [3.63, 3.8) is 0 Å². The summed E-state index contributed by atoms with van der Waals surface area (Å²) in [6.07, 6.45) is 0.805. The molecule has 0 aliphatic rings. The molecule has 0 aliphatic heterocycles. The average Bonchev–Trinajstić information content (AvgIpc) is 2.41. The van der Waals surface area contributed by atoms with Gasteiger partial charge in [-0.05, 0) is 6.07 Å². The number of nitrogens with zero attached hydrogens (tertiary/aromatic N) is 3. The maximum Gasteiger partial charge on any atom is 0.305 e. The first kappa shape index (κ1) is 13.5. The van der Waals surface area contributed by atoms with Crippen molar-refractivity contribution in [3.05, 3.63) is 46.1 Å². The molecule has 0 bridgehead atoms. The molecule has 0 atom stereocenters. The molecule has 0 spiro atoms. The summed E-state index contributed by atoms with van der Waals surface area (Å²) < 4.78 is 31.7. The summed E-state index contributed by atoms with van der Waals surface area (Å²) in [4.78, 5) is 16.6. The Bertz CT molecular complexity index is 667. The predicted octanol–water partition coefficient (Wildman–Crippen LogP) is 1.74. The number of hydrazine groups is 1. The highest BCUT2D eigenvalue weighted by Gasteiger charge is 2.16. The Morgan fingerprint density at radius 3 is 2.70 bits per heavy atom. The minimum atomic E-state index is -1.11. The van der Waals surface area contributed by atoms with E-state index in [1.165, 1.54) is 0 Å². The largest absolute Gasteiger partial charge is 0.436 e. The number of nitro benzene ring substituents is 1. The Morgan fingerprint density at radius 1 is 1.35 bits per heavy atom. The van der Waals surface area contributed by atoms with Crippen LogP contribution in [0.1, 0.15) is 0 Å². The van der Waals surface area contributed by atoms with Crippen molar-refractivity contribution in [3.8, 4) is 11.6 Å². The fourth-order valence-electron chi connectivity index (χ4n) is 1.30. The zero-order valence-corrected chi connectivity index (χ0v) is 9.71. The zero-order valence-electron chi connectivity index (χ0n) is 9.71. The number of halogens is 2. The Labute approximate surface area is 110 Å². The number of ether oxygens (including phenoxy) is 1. The summed E-state index contributed by atoms with van der Waals surface area (Å²) in [6.45, 7) is 0. The molecule has 0 saturated carbocycles. The minimum absolute atomic E-state index is 0.108. The monoisotopic (exact) mass is 283 g/mol. The molecular formula is C10H7F2N5O3. The standard InChI is InChI=1S/C10H7F2N5O3/c11-6-3-5(1-2-8(6)17(18)19)20-9-7(12)4-14-10(15-9)16-13/h1-4H,13H2,(H,14,15,16). The molecule has 1 aromatic carbocycles. The van der Waals surface area contributed by atoms with Gasteiger partial charge in [0.05, 0.1) is 11.1 Å². The van der Waals surface area contributed by atoms with E-state index in [1.807, 2.05) is 0 Å². The molecule has 104 valence electrons. The summed E-state index contributed by atoms with van der Waals surface area (Å²) >= 11 is 0. The van der Waals surface area contributed by atoms with Gasteiger partial charge in [-0.2, -0.15) is 13.8 Å². The van der Waals surface area contributed by atoms with Gasteiger partial charge in [0, 0.05) is 12.1 Å². The number of rotatable bonds is 4. The average molecular weight is 283 g/mol. The van der Waals surface area contributed by atoms with Crippen molar-refractivity contribution in [2.45, 2.75) is 0 Å². The van der Waals surface area contributed by atoms with Crippen molar-refractivity contribution in [2.24, 2.45) is 5.84 Å². The fraction of sp³-hybridized carbons (Fsp3) is 0. The Balaban J connectivity index is 2.30. The van der Waals surface area contributed by atoms with E-state index in [4.69, 9.17) is 10.6 Å². The van der Waals surface area contributed by atoms with Crippen LogP contribution in [0.2, 0.25) is 0 Å². The van der Waals surface area contributed by atoms with Crippen LogP contribution >= 0.6 is 0 Å².